The molecule has 0 fully saturated rings. The van der Waals surface area contributed by atoms with Gasteiger partial charge in [0.25, 0.3) is 0 Å². The Morgan fingerprint density at radius 3 is 1.27 bits per heavy atom. The van der Waals surface area contributed by atoms with Crippen LogP contribution in [-0.2, 0) is 7.05 Å². The fourth-order valence-corrected chi connectivity index (χ4v) is 3.37. The molecule has 0 spiro atoms. The van der Waals surface area contributed by atoms with Crippen LogP contribution >= 0.6 is 0 Å². The molecule has 3 aromatic carbocycles. The van der Waals surface area contributed by atoms with Crippen molar-refractivity contribution in [1.82, 2.24) is 0 Å². The molecule has 0 aliphatic carbocycles. The first kappa shape index (κ1) is 24.6. The van der Waals surface area contributed by atoms with E-state index in [1.807, 2.05) is 0 Å². The van der Waals surface area contributed by atoms with Crippen LogP contribution in [0.3, 0.4) is 0 Å². The van der Waals surface area contributed by atoms with E-state index in [4.69, 9.17) is 18.6 Å². The van der Waals surface area contributed by atoms with E-state index >= 15 is 0 Å². The van der Waals surface area contributed by atoms with Gasteiger partial charge in [0, 0.05) is 17.7 Å². The van der Waals surface area contributed by atoms with E-state index in [1.54, 1.807) is 7.05 Å². The summed E-state index contributed by atoms with van der Waals surface area (Å²) in [6, 6.07) is 6.55. The van der Waals surface area contributed by atoms with Gasteiger partial charge in [-0.1, -0.05) is 0 Å². The van der Waals surface area contributed by atoms with Gasteiger partial charge in [-0.25, -0.2) is 49.4 Å². The lowest BCUT2D eigenvalue weighted by atomic mass is 9.94. The summed E-state index contributed by atoms with van der Waals surface area (Å²) in [6.45, 7) is 0. The molecule has 4 rings (SSSR count). The molecule has 0 amide bonds. The Hall–Kier alpha value is -3.03. The van der Waals surface area contributed by atoms with Gasteiger partial charge in [-0.2, -0.15) is 4.57 Å². The molecule has 0 saturated heterocycles. The van der Waals surface area contributed by atoms with Crippen molar-refractivity contribution in [3.63, 3.8) is 0 Å². The average molecular weight is 496 g/mol. The molecule has 0 bridgehead atoms. The maximum atomic E-state index is 14.5. The number of nitrogens with zero attached hydrogens (tertiary/aromatic N) is 1. The van der Waals surface area contributed by atoms with Gasteiger partial charge in [0.2, 0.25) is 16.9 Å². The second kappa shape index (κ2) is 8.72. The molecule has 1 heterocycles. The molecular weight excluding hydrogens is 487 g/mol. The lowest BCUT2D eigenvalue weighted by Gasteiger charge is -2.17. The number of fused-ring (bicyclic) bond motifs is 2. The summed E-state index contributed by atoms with van der Waals surface area (Å²) in [6.07, 6.45) is 0. The standard InChI is InChI=1S/C20H9F7N.ClHO4/c1-28-12-4-2-8(21)6-10(12)14(11-7-9(22)3-5-13(11)28)15-16(23)18(25)20(27)19(26)17(15)24;2-1(3,4)5/h2-7H,1H3;(H,2,3,4,5)/q+1;/p-1. The minimum Gasteiger partial charge on any atom is -0.222 e. The molecule has 5 nitrogen and oxygen atoms in total. The minimum absolute atomic E-state index is 0.135. The monoisotopic (exact) mass is 495 g/mol. The minimum atomic E-state index is -4.94. The highest BCUT2D eigenvalue weighted by Crippen LogP contribution is 2.39. The van der Waals surface area contributed by atoms with Gasteiger partial charge in [-0.15, -0.1) is 10.2 Å². The highest BCUT2D eigenvalue weighted by molar-refractivity contribution is 6.07. The van der Waals surface area contributed by atoms with Crippen LogP contribution in [0.1, 0.15) is 0 Å². The molecular formula is C20H9ClF7NO4. The second-order valence-corrected chi connectivity index (χ2v) is 7.34. The highest BCUT2D eigenvalue weighted by Gasteiger charge is 2.31. The van der Waals surface area contributed by atoms with Crippen LogP contribution in [0.5, 0.6) is 0 Å². The molecule has 0 atom stereocenters. The maximum Gasteiger partial charge on any atom is 0.213 e. The van der Waals surface area contributed by atoms with Crippen molar-refractivity contribution in [3.8, 4) is 11.1 Å². The van der Waals surface area contributed by atoms with Crippen molar-refractivity contribution in [2.75, 3.05) is 0 Å². The van der Waals surface area contributed by atoms with Crippen LogP contribution in [0.25, 0.3) is 32.9 Å². The summed E-state index contributed by atoms with van der Waals surface area (Å²) in [7, 11) is -3.40. The molecule has 0 unspecified atom stereocenters. The van der Waals surface area contributed by atoms with E-state index in [0.29, 0.717) is 0 Å². The van der Waals surface area contributed by atoms with E-state index in [2.05, 4.69) is 0 Å². The molecule has 1 aromatic heterocycles. The molecule has 0 aliphatic rings. The third-order valence-corrected chi connectivity index (χ3v) is 4.64. The number of aromatic nitrogens is 1. The molecule has 174 valence electrons. The molecule has 13 heteroatoms. The summed E-state index contributed by atoms with van der Waals surface area (Å²) in [5.74, 6) is -12.4. The summed E-state index contributed by atoms with van der Waals surface area (Å²) in [4.78, 5) is 0. The lowest BCUT2D eigenvalue weighted by molar-refractivity contribution is -2.00. The Bertz CT molecular complexity index is 1310. The first-order valence-corrected chi connectivity index (χ1v) is 9.80. The quantitative estimate of drug-likeness (QED) is 0.128. The number of hydrogen-bond donors (Lipinski definition) is 0. The third-order valence-electron chi connectivity index (χ3n) is 4.64. The summed E-state index contributed by atoms with van der Waals surface area (Å²) in [5.41, 5.74) is -1.24. The molecule has 4 aromatic rings. The fraction of sp³-hybridized carbons (Fsp3) is 0.0500. The fourth-order valence-electron chi connectivity index (χ4n) is 3.37. The smallest absolute Gasteiger partial charge is 0.213 e. The molecule has 0 radical (unpaired) electrons. The number of rotatable bonds is 1. The van der Waals surface area contributed by atoms with Gasteiger partial charge in [0.05, 0.1) is 16.3 Å². The zero-order valence-corrected chi connectivity index (χ0v) is 16.8. The van der Waals surface area contributed by atoms with Gasteiger partial charge in [0.15, 0.2) is 23.3 Å². The van der Waals surface area contributed by atoms with Gasteiger partial charge >= 0.3 is 0 Å². The van der Waals surface area contributed by atoms with Crippen molar-refractivity contribution in [2.24, 2.45) is 7.05 Å². The molecule has 0 saturated carbocycles. The number of aryl methyl sites for hydroxylation is 1. The third kappa shape index (κ3) is 4.70. The van der Waals surface area contributed by atoms with E-state index in [0.717, 1.165) is 24.3 Å². The predicted octanol–water partition coefficient (Wildman–Crippen LogP) is 0.702. The zero-order chi connectivity index (χ0) is 24.8. The lowest BCUT2D eigenvalue weighted by Crippen LogP contribution is -2.68. The molecule has 0 N–H and O–H groups in total. The van der Waals surface area contributed by atoms with E-state index in [1.165, 1.54) is 16.7 Å². The van der Waals surface area contributed by atoms with E-state index in [-0.39, 0.29) is 21.8 Å². The van der Waals surface area contributed by atoms with Gasteiger partial charge in [0.1, 0.15) is 18.7 Å². The first-order chi connectivity index (χ1) is 15.2. The van der Waals surface area contributed by atoms with Gasteiger partial charge in [-0.05, 0) is 24.3 Å². The van der Waals surface area contributed by atoms with Crippen molar-refractivity contribution in [2.45, 2.75) is 0 Å². The number of pyridine rings is 1. The SMILES string of the molecule is C[n+]1c2ccc(F)cc2c(-c2c(F)c(F)c(F)c(F)c2F)c2cc(F)ccc21.[O-][Cl+3]([O-])([O-])[O-]. The van der Waals surface area contributed by atoms with Crippen LogP contribution < -0.4 is 23.2 Å². The van der Waals surface area contributed by atoms with Crippen molar-refractivity contribution in [3.05, 3.63) is 77.1 Å². The van der Waals surface area contributed by atoms with Crippen LogP contribution in [0.4, 0.5) is 30.7 Å². The average Bonchev–Trinajstić information content (AvgIpc) is 2.71. The zero-order valence-electron chi connectivity index (χ0n) is 16.1. The Morgan fingerprint density at radius 2 is 0.909 bits per heavy atom. The molecule has 33 heavy (non-hydrogen) atoms. The van der Waals surface area contributed by atoms with E-state index in [9.17, 15) is 30.7 Å². The first-order valence-electron chi connectivity index (χ1n) is 8.56. The second-order valence-electron chi connectivity index (χ2n) is 6.58. The summed E-state index contributed by atoms with van der Waals surface area (Å²) >= 11 is 0. The van der Waals surface area contributed by atoms with Crippen molar-refractivity contribution >= 4 is 21.8 Å². The summed E-state index contributed by atoms with van der Waals surface area (Å²) < 4.78 is 133. The molecule has 0 aliphatic heterocycles. The number of benzene rings is 3. The topological polar surface area (TPSA) is 96.1 Å². The van der Waals surface area contributed by atoms with Crippen molar-refractivity contribution in [1.29, 1.82) is 0 Å². The number of hydrogen-bond acceptors (Lipinski definition) is 4. The Labute approximate surface area is 181 Å². The normalized spacial score (nSPS) is 11.6. The Balaban J connectivity index is 0.000000555. The van der Waals surface area contributed by atoms with Crippen LogP contribution in [0, 0.1) is 51.0 Å². The van der Waals surface area contributed by atoms with Crippen LogP contribution in [-0.4, -0.2) is 0 Å². The van der Waals surface area contributed by atoms with Crippen molar-refractivity contribution < 1.29 is 64.2 Å². The number of halogens is 8. The predicted molar refractivity (Wildman–Crippen MR) is 87.8 cm³/mol. The Kier molecular flexibility index (Phi) is 6.51. The van der Waals surface area contributed by atoms with E-state index < -0.39 is 62.1 Å². The van der Waals surface area contributed by atoms with Crippen LogP contribution in [0.15, 0.2) is 36.4 Å². The van der Waals surface area contributed by atoms with Gasteiger partial charge < -0.3 is 0 Å². The van der Waals surface area contributed by atoms with Crippen LogP contribution in [0.2, 0.25) is 0 Å². The maximum absolute atomic E-state index is 14.5. The highest BCUT2D eigenvalue weighted by atomic mass is 35.7. The largest absolute Gasteiger partial charge is 0.222 e. The summed E-state index contributed by atoms with van der Waals surface area (Å²) in [5, 5.41) is -0.271. The Morgan fingerprint density at radius 1 is 0.576 bits per heavy atom. The van der Waals surface area contributed by atoms with Gasteiger partial charge in [-0.3, -0.25) is 0 Å².